The second-order valence-electron chi connectivity index (χ2n) is 4.28. The molecule has 0 aliphatic rings. The molecule has 20 heavy (non-hydrogen) atoms. The summed E-state index contributed by atoms with van der Waals surface area (Å²) in [5.74, 6) is -2.16. The number of benzene rings is 1. The van der Waals surface area contributed by atoms with Gasteiger partial charge < -0.3 is 5.11 Å². The Morgan fingerprint density at radius 2 is 1.75 bits per heavy atom. The summed E-state index contributed by atoms with van der Waals surface area (Å²) >= 11 is 0. The van der Waals surface area contributed by atoms with Crippen LogP contribution in [0.25, 0.3) is 0 Å². The fraction of sp³-hybridized carbons (Fsp3) is 0.364. The van der Waals surface area contributed by atoms with Crippen molar-refractivity contribution in [1.29, 1.82) is 0 Å². The summed E-state index contributed by atoms with van der Waals surface area (Å²) < 4.78 is 47.7. The summed E-state index contributed by atoms with van der Waals surface area (Å²) in [5, 5.41) is 8.74. The summed E-state index contributed by atoms with van der Waals surface area (Å²) in [4.78, 5) is 10.7. The molecule has 0 saturated heterocycles. The Balaban J connectivity index is 2.89. The quantitative estimate of drug-likeness (QED) is 0.735. The van der Waals surface area contributed by atoms with E-state index in [2.05, 4.69) is 4.72 Å². The number of anilines is 1. The third-order valence-corrected chi connectivity index (χ3v) is 4.82. The molecule has 112 valence electrons. The molecule has 9 heteroatoms. The van der Waals surface area contributed by atoms with Crippen molar-refractivity contribution in [3.63, 3.8) is 0 Å². The van der Waals surface area contributed by atoms with Crippen molar-refractivity contribution in [3.8, 4) is 0 Å². The van der Waals surface area contributed by atoms with Crippen LogP contribution in [0.15, 0.2) is 24.3 Å². The average molecular weight is 321 g/mol. The van der Waals surface area contributed by atoms with Gasteiger partial charge in [0.25, 0.3) is 0 Å². The van der Waals surface area contributed by atoms with E-state index in [1.54, 1.807) is 12.1 Å². The zero-order valence-corrected chi connectivity index (χ0v) is 12.4. The Morgan fingerprint density at radius 1 is 1.15 bits per heavy atom. The van der Waals surface area contributed by atoms with E-state index in [0.29, 0.717) is 5.56 Å². The van der Waals surface area contributed by atoms with Gasteiger partial charge in [-0.1, -0.05) is 18.2 Å². The first-order valence-electron chi connectivity index (χ1n) is 5.57. The second-order valence-corrected chi connectivity index (χ2v) is 8.38. The van der Waals surface area contributed by atoms with E-state index in [1.165, 1.54) is 12.1 Å². The molecule has 0 saturated carbocycles. The molecule has 1 aromatic rings. The van der Waals surface area contributed by atoms with Crippen molar-refractivity contribution in [3.05, 3.63) is 29.8 Å². The summed E-state index contributed by atoms with van der Waals surface area (Å²) in [6.45, 7) is 0. The van der Waals surface area contributed by atoms with Crippen molar-refractivity contribution < 1.29 is 26.7 Å². The molecule has 0 spiro atoms. The SMILES string of the molecule is CS(=O)(=O)CCS(=O)(=O)Nc1ccccc1CC(=O)O. The molecule has 1 rings (SSSR count). The summed E-state index contributed by atoms with van der Waals surface area (Å²) in [7, 11) is -7.24. The van der Waals surface area contributed by atoms with Crippen LogP contribution in [0.5, 0.6) is 0 Å². The zero-order chi connectivity index (χ0) is 15.4. The van der Waals surface area contributed by atoms with Gasteiger partial charge in [-0.15, -0.1) is 0 Å². The maximum absolute atomic E-state index is 11.8. The van der Waals surface area contributed by atoms with E-state index in [4.69, 9.17) is 5.11 Å². The fourth-order valence-electron chi connectivity index (χ4n) is 1.42. The van der Waals surface area contributed by atoms with Gasteiger partial charge in [0.15, 0.2) is 0 Å². The lowest BCUT2D eigenvalue weighted by molar-refractivity contribution is -0.136. The highest BCUT2D eigenvalue weighted by Gasteiger charge is 2.16. The van der Waals surface area contributed by atoms with E-state index < -0.39 is 37.3 Å². The highest BCUT2D eigenvalue weighted by molar-refractivity contribution is 7.95. The summed E-state index contributed by atoms with van der Waals surface area (Å²) in [5.41, 5.74) is 0.450. The number of hydrogen-bond acceptors (Lipinski definition) is 5. The molecule has 0 fully saturated rings. The predicted octanol–water partition coefficient (Wildman–Crippen LogP) is 0.1000. The molecule has 0 amide bonds. The first-order chi connectivity index (χ1) is 9.09. The molecule has 0 aromatic heterocycles. The number of rotatable bonds is 7. The van der Waals surface area contributed by atoms with Crippen molar-refractivity contribution in [1.82, 2.24) is 0 Å². The maximum atomic E-state index is 11.8. The normalized spacial score (nSPS) is 12.1. The molecule has 2 N–H and O–H groups in total. The molecular weight excluding hydrogens is 306 g/mol. The number of sulfone groups is 1. The summed E-state index contributed by atoms with van der Waals surface area (Å²) in [6, 6.07) is 6.06. The Kier molecular flexibility index (Phi) is 5.12. The Hall–Kier alpha value is -1.61. The molecule has 1 aromatic carbocycles. The molecule has 0 aliphatic heterocycles. The van der Waals surface area contributed by atoms with Gasteiger partial charge in [0.05, 0.1) is 23.6 Å². The van der Waals surface area contributed by atoms with Gasteiger partial charge >= 0.3 is 5.97 Å². The van der Waals surface area contributed by atoms with Crippen LogP contribution in [-0.2, 0) is 31.1 Å². The van der Waals surface area contributed by atoms with Crippen LogP contribution in [0, 0.1) is 0 Å². The minimum atomic E-state index is -3.85. The van der Waals surface area contributed by atoms with Crippen LogP contribution in [0.4, 0.5) is 5.69 Å². The smallest absolute Gasteiger partial charge is 0.307 e. The molecule has 7 nitrogen and oxygen atoms in total. The minimum Gasteiger partial charge on any atom is -0.481 e. The molecule has 0 atom stereocenters. The van der Waals surface area contributed by atoms with Gasteiger partial charge in [0.2, 0.25) is 10.0 Å². The van der Waals surface area contributed by atoms with Gasteiger partial charge in [-0.2, -0.15) is 0 Å². The summed E-state index contributed by atoms with van der Waals surface area (Å²) in [6.07, 6.45) is 0.617. The lowest BCUT2D eigenvalue weighted by Crippen LogP contribution is -2.23. The third kappa shape index (κ3) is 6.02. The minimum absolute atomic E-state index is 0.142. The highest BCUT2D eigenvalue weighted by atomic mass is 32.2. The number of carboxylic acid groups (broad SMARTS) is 1. The third-order valence-electron chi connectivity index (χ3n) is 2.35. The van der Waals surface area contributed by atoms with E-state index in [9.17, 15) is 21.6 Å². The van der Waals surface area contributed by atoms with Crippen molar-refractivity contribution in [2.75, 3.05) is 22.5 Å². The fourth-order valence-corrected chi connectivity index (χ4v) is 4.14. The van der Waals surface area contributed by atoms with Crippen molar-refractivity contribution in [2.24, 2.45) is 0 Å². The molecule has 0 radical (unpaired) electrons. The van der Waals surface area contributed by atoms with Gasteiger partial charge in [0, 0.05) is 6.26 Å². The molecule has 0 unspecified atom stereocenters. The maximum Gasteiger partial charge on any atom is 0.307 e. The van der Waals surface area contributed by atoms with Crippen LogP contribution in [0.2, 0.25) is 0 Å². The molecule has 0 aliphatic carbocycles. The van der Waals surface area contributed by atoms with E-state index in [-0.39, 0.29) is 12.1 Å². The van der Waals surface area contributed by atoms with Gasteiger partial charge in [-0.25, -0.2) is 16.8 Å². The number of nitrogens with one attached hydrogen (secondary N) is 1. The first kappa shape index (κ1) is 16.4. The Labute approximate surface area is 117 Å². The Morgan fingerprint density at radius 3 is 2.30 bits per heavy atom. The number of carbonyl (C=O) groups is 1. The number of aliphatic carboxylic acids is 1. The van der Waals surface area contributed by atoms with E-state index >= 15 is 0 Å². The zero-order valence-electron chi connectivity index (χ0n) is 10.7. The number of sulfonamides is 1. The van der Waals surface area contributed by atoms with Crippen LogP contribution in [0.3, 0.4) is 0 Å². The van der Waals surface area contributed by atoms with E-state index in [1.807, 2.05) is 0 Å². The molecule has 0 bridgehead atoms. The van der Waals surface area contributed by atoms with Crippen LogP contribution < -0.4 is 4.72 Å². The second kappa shape index (κ2) is 6.23. The standard InChI is InChI=1S/C11H15NO6S2/c1-19(15,16)6-7-20(17,18)12-10-5-3-2-4-9(10)8-11(13)14/h2-5,12H,6-8H2,1H3,(H,13,14). The molecular formula is C11H15NO6S2. The highest BCUT2D eigenvalue weighted by Crippen LogP contribution is 2.17. The van der Waals surface area contributed by atoms with Gasteiger partial charge in [-0.05, 0) is 11.6 Å². The first-order valence-corrected chi connectivity index (χ1v) is 9.28. The number of carboxylic acids is 1. The number of para-hydroxylation sites is 1. The van der Waals surface area contributed by atoms with Gasteiger partial charge in [0.1, 0.15) is 9.84 Å². The van der Waals surface area contributed by atoms with Crippen LogP contribution in [0.1, 0.15) is 5.56 Å². The Bertz CT molecular complexity index is 693. The van der Waals surface area contributed by atoms with Crippen LogP contribution >= 0.6 is 0 Å². The topological polar surface area (TPSA) is 118 Å². The lowest BCUT2D eigenvalue weighted by Gasteiger charge is -2.11. The number of hydrogen-bond donors (Lipinski definition) is 2. The average Bonchev–Trinajstić information content (AvgIpc) is 2.28. The lowest BCUT2D eigenvalue weighted by atomic mass is 10.1. The predicted molar refractivity (Wildman–Crippen MR) is 74.9 cm³/mol. The largest absolute Gasteiger partial charge is 0.481 e. The van der Waals surface area contributed by atoms with Gasteiger partial charge in [-0.3, -0.25) is 9.52 Å². The van der Waals surface area contributed by atoms with Crippen molar-refractivity contribution >= 4 is 31.5 Å². The monoisotopic (exact) mass is 321 g/mol. The van der Waals surface area contributed by atoms with Crippen LogP contribution in [-0.4, -0.2) is 45.7 Å². The van der Waals surface area contributed by atoms with Crippen molar-refractivity contribution in [2.45, 2.75) is 6.42 Å². The molecule has 0 heterocycles. The van der Waals surface area contributed by atoms with E-state index in [0.717, 1.165) is 6.26 Å².